The van der Waals surface area contributed by atoms with Crippen molar-refractivity contribution in [1.82, 2.24) is 4.98 Å². The van der Waals surface area contributed by atoms with Gasteiger partial charge < -0.3 is 5.21 Å². The van der Waals surface area contributed by atoms with E-state index in [4.69, 9.17) is 5.21 Å². The van der Waals surface area contributed by atoms with Gasteiger partial charge in [0.15, 0.2) is 0 Å². The Morgan fingerprint density at radius 3 is 2.93 bits per heavy atom. The summed E-state index contributed by atoms with van der Waals surface area (Å²) >= 11 is 0. The summed E-state index contributed by atoms with van der Waals surface area (Å²) < 4.78 is 0. The molecule has 1 fully saturated rings. The predicted octanol–water partition coefficient (Wildman–Crippen LogP) is 1.63. The average molecular weight is 204 g/mol. The minimum absolute atomic E-state index is 0.159. The monoisotopic (exact) mass is 204 g/mol. The van der Waals surface area contributed by atoms with Crippen molar-refractivity contribution in [3.8, 4) is 0 Å². The van der Waals surface area contributed by atoms with Crippen molar-refractivity contribution >= 4 is 11.5 Å². The number of aromatic nitrogens is 1. The van der Waals surface area contributed by atoms with Crippen LogP contribution in [0.1, 0.15) is 24.8 Å². The number of ketones is 1. The first kappa shape index (κ1) is 9.83. The van der Waals surface area contributed by atoms with Gasteiger partial charge in [-0.05, 0) is 25.0 Å². The lowest BCUT2D eigenvalue weighted by molar-refractivity contribution is -0.119. The quantitative estimate of drug-likeness (QED) is 0.460. The summed E-state index contributed by atoms with van der Waals surface area (Å²) in [6.07, 6.45) is 5.39. The van der Waals surface area contributed by atoms with Crippen molar-refractivity contribution < 1.29 is 10.0 Å². The number of hydrogen-bond acceptors (Lipinski definition) is 4. The number of carbonyl (C=O) groups is 1. The molecule has 78 valence electrons. The van der Waals surface area contributed by atoms with Crippen LogP contribution < -0.4 is 0 Å². The summed E-state index contributed by atoms with van der Waals surface area (Å²) in [5.41, 5.74) is 1.11. The molecule has 0 aromatic carbocycles. The van der Waals surface area contributed by atoms with E-state index in [9.17, 15) is 4.79 Å². The first-order chi connectivity index (χ1) is 7.31. The normalized spacial score (nSPS) is 16.4. The second kappa shape index (κ2) is 4.21. The van der Waals surface area contributed by atoms with Crippen LogP contribution in [0.25, 0.3) is 0 Å². The first-order valence-corrected chi connectivity index (χ1v) is 4.95. The molecule has 2 rings (SSSR count). The fourth-order valence-electron chi connectivity index (χ4n) is 1.44. The topological polar surface area (TPSA) is 62.5 Å². The maximum Gasteiger partial charge on any atom is 0.142 e. The van der Waals surface area contributed by atoms with Crippen molar-refractivity contribution in [1.29, 1.82) is 0 Å². The van der Waals surface area contributed by atoms with E-state index in [-0.39, 0.29) is 18.1 Å². The van der Waals surface area contributed by atoms with Gasteiger partial charge in [-0.25, -0.2) is 0 Å². The summed E-state index contributed by atoms with van der Waals surface area (Å²) in [5.74, 6) is 0.352. The van der Waals surface area contributed by atoms with E-state index in [0.717, 1.165) is 12.8 Å². The van der Waals surface area contributed by atoms with Crippen molar-refractivity contribution in [2.45, 2.75) is 19.3 Å². The molecular formula is C11H12N2O2. The van der Waals surface area contributed by atoms with Crippen molar-refractivity contribution in [3.05, 3.63) is 30.1 Å². The molecule has 0 unspecified atom stereocenters. The molecule has 1 aliphatic carbocycles. The van der Waals surface area contributed by atoms with Gasteiger partial charge in [0.25, 0.3) is 0 Å². The number of nitrogens with zero attached hydrogens (tertiary/aromatic N) is 2. The third kappa shape index (κ3) is 2.40. The fraction of sp³-hybridized carbons (Fsp3) is 0.364. The van der Waals surface area contributed by atoms with Crippen molar-refractivity contribution in [2.24, 2.45) is 11.1 Å². The van der Waals surface area contributed by atoms with E-state index in [2.05, 4.69) is 10.1 Å². The van der Waals surface area contributed by atoms with Crippen molar-refractivity contribution in [3.63, 3.8) is 0 Å². The van der Waals surface area contributed by atoms with Gasteiger partial charge in [-0.15, -0.1) is 0 Å². The van der Waals surface area contributed by atoms with Crippen molar-refractivity contribution in [2.75, 3.05) is 0 Å². The zero-order valence-electron chi connectivity index (χ0n) is 8.26. The van der Waals surface area contributed by atoms with Gasteiger partial charge in [0.1, 0.15) is 5.78 Å². The molecule has 1 heterocycles. The number of Topliss-reactive ketones (excluding diaryl/α,β-unsaturated/α-hetero) is 1. The lowest BCUT2D eigenvalue weighted by Gasteiger charge is -2.02. The molecule has 1 aromatic rings. The van der Waals surface area contributed by atoms with Gasteiger partial charge in [-0.3, -0.25) is 9.78 Å². The first-order valence-electron chi connectivity index (χ1n) is 4.95. The number of hydrogen-bond donors (Lipinski definition) is 1. The van der Waals surface area contributed by atoms with Crippen LogP contribution in [0.15, 0.2) is 29.7 Å². The highest BCUT2D eigenvalue weighted by atomic mass is 16.4. The van der Waals surface area contributed by atoms with E-state index < -0.39 is 0 Å². The minimum Gasteiger partial charge on any atom is -0.411 e. The second-order valence-corrected chi connectivity index (χ2v) is 3.71. The molecule has 0 spiro atoms. The van der Waals surface area contributed by atoms with Crippen LogP contribution in [0.3, 0.4) is 0 Å². The molecule has 15 heavy (non-hydrogen) atoms. The number of pyridine rings is 1. The largest absolute Gasteiger partial charge is 0.411 e. The van der Waals surface area contributed by atoms with E-state index in [0.29, 0.717) is 11.3 Å². The van der Waals surface area contributed by atoms with E-state index in [1.165, 1.54) is 0 Å². The summed E-state index contributed by atoms with van der Waals surface area (Å²) in [6.45, 7) is 0. The van der Waals surface area contributed by atoms with E-state index in [1.54, 1.807) is 24.5 Å². The number of rotatable bonds is 4. The van der Waals surface area contributed by atoms with Gasteiger partial charge >= 0.3 is 0 Å². The number of oxime groups is 1. The summed E-state index contributed by atoms with van der Waals surface area (Å²) in [5, 5.41) is 12.0. The summed E-state index contributed by atoms with van der Waals surface area (Å²) in [4.78, 5) is 15.5. The van der Waals surface area contributed by atoms with E-state index >= 15 is 0 Å². The second-order valence-electron chi connectivity index (χ2n) is 3.71. The maximum atomic E-state index is 11.5. The Morgan fingerprint density at radius 1 is 1.60 bits per heavy atom. The zero-order valence-corrected chi connectivity index (χ0v) is 8.26. The standard InChI is InChI=1S/C11H12N2O2/c14-11(8-3-4-8)6-10(13-15)9-2-1-5-12-7-9/h1-2,5,7-8,15H,3-4,6H2/b13-10+. The zero-order chi connectivity index (χ0) is 10.7. The van der Waals surface area contributed by atoms with E-state index in [1.807, 2.05) is 0 Å². The van der Waals surface area contributed by atoms with Crippen LogP contribution in [0.5, 0.6) is 0 Å². The van der Waals surface area contributed by atoms with Gasteiger partial charge in [0, 0.05) is 23.9 Å². The Balaban J connectivity index is 2.08. The fourth-order valence-corrected chi connectivity index (χ4v) is 1.44. The molecular weight excluding hydrogens is 192 g/mol. The Morgan fingerprint density at radius 2 is 2.40 bits per heavy atom. The smallest absolute Gasteiger partial charge is 0.142 e. The summed E-state index contributed by atoms with van der Waals surface area (Å²) in [6, 6.07) is 3.53. The Labute approximate surface area is 87.6 Å². The molecule has 0 bridgehead atoms. The molecule has 1 aromatic heterocycles. The lowest BCUT2D eigenvalue weighted by Crippen LogP contribution is -2.11. The average Bonchev–Trinajstić information content (AvgIpc) is 3.10. The van der Waals surface area contributed by atoms with Crippen LogP contribution in [0.4, 0.5) is 0 Å². The third-order valence-electron chi connectivity index (χ3n) is 2.49. The Hall–Kier alpha value is -1.71. The van der Waals surface area contributed by atoms with Crippen LogP contribution >= 0.6 is 0 Å². The Kier molecular flexibility index (Phi) is 2.76. The molecule has 1 N–H and O–H groups in total. The maximum absolute atomic E-state index is 11.5. The molecule has 4 heteroatoms. The molecule has 0 amide bonds. The molecule has 4 nitrogen and oxygen atoms in total. The summed E-state index contributed by atoms with van der Waals surface area (Å²) in [7, 11) is 0. The van der Waals surface area contributed by atoms with Crippen LogP contribution in [0.2, 0.25) is 0 Å². The van der Waals surface area contributed by atoms with Gasteiger partial charge in [-0.2, -0.15) is 0 Å². The Bertz CT molecular complexity index is 383. The minimum atomic E-state index is 0.159. The molecule has 0 saturated heterocycles. The molecule has 1 aliphatic rings. The molecule has 0 radical (unpaired) electrons. The van der Waals surface area contributed by atoms with Gasteiger partial charge in [-0.1, -0.05) is 5.16 Å². The molecule has 0 aliphatic heterocycles. The highest BCUT2D eigenvalue weighted by Gasteiger charge is 2.30. The predicted molar refractivity (Wildman–Crippen MR) is 54.9 cm³/mol. The molecule has 1 saturated carbocycles. The third-order valence-corrected chi connectivity index (χ3v) is 2.49. The lowest BCUT2D eigenvalue weighted by atomic mass is 10.1. The van der Waals surface area contributed by atoms with Gasteiger partial charge in [0.2, 0.25) is 0 Å². The van der Waals surface area contributed by atoms with Crippen LogP contribution in [-0.2, 0) is 4.79 Å². The number of carbonyl (C=O) groups excluding carboxylic acids is 1. The van der Waals surface area contributed by atoms with Gasteiger partial charge in [0.05, 0.1) is 12.1 Å². The highest BCUT2D eigenvalue weighted by molar-refractivity contribution is 6.11. The molecule has 0 atom stereocenters. The SMILES string of the molecule is O=C(C/C(=N\O)c1cccnc1)C1CC1. The van der Waals surface area contributed by atoms with Crippen LogP contribution in [-0.4, -0.2) is 21.7 Å². The van der Waals surface area contributed by atoms with Crippen LogP contribution in [0, 0.1) is 5.92 Å². The highest BCUT2D eigenvalue weighted by Crippen LogP contribution is 2.31.